The van der Waals surface area contributed by atoms with Gasteiger partial charge in [0.05, 0.1) is 13.2 Å². The molecule has 14 heteroatoms. The van der Waals surface area contributed by atoms with Crippen molar-refractivity contribution in [2.24, 2.45) is 11.1 Å². The van der Waals surface area contributed by atoms with Crippen LogP contribution in [0.1, 0.15) is 57.6 Å². The number of carbonyl (C=O) groups is 2. The van der Waals surface area contributed by atoms with Gasteiger partial charge in [-0.05, 0) is 43.6 Å². The number of urea groups is 1. The Morgan fingerprint density at radius 2 is 1.80 bits per heavy atom. The third-order valence-corrected chi connectivity index (χ3v) is 10.4. The predicted octanol–water partition coefficient (Wildman–Crippen LogP) is 1.88. The van der Waals surface area contributed by atoms with Crippen LogP contribution >= 0.6 is 0 Å². The first-order valence-corrected chi connectivity index (χ1v) is 18.1. The van der Waals surface area contributed by atoms with E-state index in [-0.39, 0.29) is 49.4 Å². The van der Waals surface area contributed by atoms with Crippen molar-refractivity contribution < 1.29 is 24.2 Å². The first kappa shape index (κ1) is 31.0. The number of nitrogens with one attached hydrogen (secondary N) is 1. The molecule has 1 aliphatic carbocycles. The van der Waals surface area contributed by atoms with Gasteiger partial charge in [-0.15, -0.1) is 0 Å². The molecular weight excluding hydrogens is 548 g/mol. The van der Waals surface area contributed by atoms with Crippen LogP contribution < -0.4 is 17.0 Å². The Balaban J connectivity index is 1.50. The molecule has 3 fully saturated rings. The van der Waals surface area contributed by atoms with Crippen molar-refractivity contribution in [2.75, 3.05) is 33.1 Å². The first-order valence-electron chi connectivity index (χ1n) is 14.4. The molecule has 4 N–H and O–H groups in total. The average Bonchev–Trinajstić information content (AvgIpc) is 3.05. The molecule has 41 heavy (non-hydrogen) atoms. The number of aromatic nitrogens is 2. The van der Waals surface area contributed by atoms with Gasteiger partial charge in [-0.1, -0.05) is 33.5 Å². The Kier molecular flexibility index (Phi) is 8.59. The number of carbonyl (C=O) groups excluding carboxylic acids is 2. The number of aromatic hydroxyl groups is 1. The quantitative estimate of drug-likeness (QED) is 0.115. The van der Waals surface area contributed by atoms with Gasteiger partial charge in [0.25, 0.3) is 11.5 Å². The maximum atomic E-state index is 13.5. The number of hydrogen-bond acceptors (Lipinski definition) is 8. The van der Waals surface area contributed by atoms with Crippen molar-refractivity contribution in [3.05, 3.63) is 26.4 Å². The Labute approximate surface area is 240 Å². The maximum Gasteiger partial charge on any atom is 0.334 e. The summed E-state index contributed by atoms with van der Waals surface area (Å²) in [7, 11) is -1.32. The van der Waals surface area contributed by atoms with Crippen molar-refractivity contribution in [3.8, 4) is 5.88 Å². The van der Waals surface area contributed by atoms with Gasteiger partial charge in [0.15, 0.2) is 5.54 Å². The zero-order valence-corrected chi connectivity index (χ0v) is 25.8. The third kappa shape index (κ3) is 5.73. The Morgan fingerprint density at radius 1 is 1.17 bits per heavy atom. The van der Waals surface area contributed by atoms with Crippen molar-refractivity contribution in [1.82, 2.24) is 18.9 Å². The molecule has 3 amide bonds. The Bertz CT molecular complexity index is 1320. The highest BCUT2D eigenvalue weighted by molar-refractivity contribution is 6.76. The lowest BCUT2D eigenvalue weighted by Crippen LogP contribution is -2.65. The second-order valence-corrected chi connectivity index (χ2v) is 18.9. The van der Waals surface area contributed by atoms with E-state index < -0.39 is 42.6 Å². The van der Waals surface area contributed by atoms with Crippen molar-refractivity contribution in [2.45, 2.75) is 89.8 Å². The van der Waals surface area contributed by atoms with E-state index in [2.05, 4.69) is 26.6 Å². The second kappa shape index (κ2) is 11.4. The molecule has 1 spiro atoms. The molecule has 13 nitrogen and oxygen atoms in total. The topological polar surface area (TPSA) is 173 Å². The molecule has 0 radical (unpaired) electrons. The first-order chi connectivity index (χ1) is 19.2. The fourth-order valence-electron chi connectivity index (χ4n) is 5.96. The summed E-state index contributed by atoms with van der Waals surface area (Å²) < 4.78 is 13.4. The van der Waals surface area contributed by atoms with Gasteiger partial charge in [0, 0.05) is 33.8 Å². The van der Waals surface area contributed by atoms with E-state index in [0.29, 0.717) is 45.3 Å². The smallest absolute Gasteiger partial charge is 0.334 e. The highest BCUT2D eigenvalue weighted by Gasteiger charge is 2.62. The molecule has 228 valence electrons. The number of imide groups is 1. The highest BCUT2D eigenvalue weighted by atomic mass is 28.3. The number of amides is 3. The minimum absolute atomic E-state index is 0.0779. The zero-order valence-electron chi connectivity index (χ0n) is 24.8. The van der Waals surface area contributed by atoms with Crippen LogP contribution in [0.5, 0.6) is 5.88 Å². The normalized spacial score (nSPS) is 24.3. The van der Waals surface area contributed by atoms with Gasteiger partial charge < -0.3 is 25.2 Å². The maximum absolute atomic E-state index is 13.5. The molecule has 3 heterocycles. The Hall–Kier alpha value is -2.97. The molecule has 2 aliphatic heterocycles. The van der Waals surface area contributed by atoms with E-state index in [1.54, 1.807) is 4.90 Å². The van der Waals surface area contributed by atoms with Crippen molar-refractivity contribution >= 4 is 25.8 Å². The van der Waals surface area contributed by atoms with Gasteiger partial charge in [0.1, 0.15) is 18.1 Å². The van der Waals surface area contributed by atoms with E-state index in [9.17, 15) is 24.3 Å². The van der Waals surface area contributed by atoms with Crippen LogP contribution in [-0.2, 0) is 20.8 Å². The molecule has 1 saturated carbocycles. The molecular formula is C27H44N6O7Si. The number of nitrogen functional groups attached to an aromatic ring is 1. The summed E-state index contributed by atoms with van der Waals surface area (Å²) in [5.41, 5.74) is 2.47. The van der Waals surface area contributed by atoms with Crippen LogP contribution in [0.2, 0.25) is 25.7 Å². The van der Waals surface area contributed by atoms with E-state index in [1.807, 2.05) is 6.92 Å². The highest BCUT2D eigenvalue weighted by Crippen LogP contribution is 2.44. The molecule has 0 bridgehead atoms. The van der Waals surface area contributed by atoms with Gasteiger partial charge in [-0.2, -0.15) is 0 Å². The third-order valence-electron chi connectivity index (χ3n) is 8.65. The summed E-state index contributed by atoms with van der Waals surface area (Å²) in [5, 5.41) is 18.3. The molecule has 3 aliphatic rings. The number of nitrogens with two attached hydrogens (primary N) is 1. The summed E-state index contributed by atoms with van der Waals surface area (Å²) >= 11 is 0. The number of amidine groups is 1. The summed E-state index contributed by atoms with van der Waals surface area (Å²) in [6, 6.07) is 0.109. The zero-order chi connectivity index (χ0) is 30.3. The van der Waals surface area contributed by atoms with Crippen molar-refractivity contribution in [1.29, 1.82) is 5.41 Å². The molecule has 4 rings (SSSR count). The Morgan fingerprint density at radius 3 is 2.32 bits per heavy atom. The molecule has 0 atom stereocenters. The van der Waals surface area contributed by atoms with Gasteiger partial charge in [-0.25, -0.2) is 14.5 Å². The van der Waals surface area contributed by atoms with E-state index >= 15 is 0 Å². The van der Waals surface area contributed by atoms with Crippen LogP contribution in [0.3, 0.4) is 0 Å². The lowest BCUT2D eigenvalue weighted by molar-refractivity contribution is -0.163. The van der Waals surface area contributed by atoms with Crippen LogP contribution in [-0.4, -0.2) is 88.5 Å². The van der Waals surface area contributed by atoms with Crippen LogP contribution in [0.25, 0.3) is 0 Å². The molecule has 1 aromatic heterocycles. The van der Waals surface area contributed by atoms with E-state index in [4.69, 9.17) is 20.6 Å². The lowest BCUT2D eigenvalue weighted by Gasteiger charge is -2.47. The molecule has 0 unspecified atom stereocenters. The monoisotopic (exact) mass is 592 g/mol. The summed E-state index contributed by atoms with van der Waals surface area (Å²) in [6.07, 6.45) is 2.68. The van der Waals surface area contributed by atoms with Gasteiger partial charge in [0.2, 0.25) is 5.88 Å². The van der Waals surface area contributed by atoms with Gasteiger partial charge in [-0.3, -0.25) is 24.1 Å². The average molecular weight is 593 g/mol. The van der Waals surface area contributed by atoms with Crippen LogP contribution in [0.15, 0.2) is 9.59 Å². The number of ether oxygens (including phenoxy) is 2. The van der Waals surface area contributed by atoms with E-state index in [0.717, 1.165) is 15.2 Å². The van der Waals surface area contributed by atoms with E-state index in [1.165, 1.54) is 4.90 Å². The number of hydrogen-bond donors (Lipinski definition) is 3. The summed E-state index contributed by atoms with van der Waals surface area (Å²) in [4.78, 5) is 56.2. The number of rotatable bonds is 11. The van der Waals surface area contributed by atoms with Crippen LogP contribution in [0, 0.1) is 10.8 Å². The predicted molar refractivity (Wildman–Crippen MR) is 155 cm³/mol. The minimum atomic E-state index is -1.32. The van der Waals surface area contributed by atoms with Crippen LogP contribution in [0.4, 0.5) is 4.79 Å². The standard InChI is InChI=1S/C27H44N6O7Si/c1-6-11-30-21(34)19(20(28)29)22(35)33(25(30)38)18-7-9-26(2,10-8-18)14-32-24(37)31(17-39-12-13-41(3,4)5)23(36)27(32)15-40-16-27/h18,34H,6-17H2,1-5H3,(H3,28,29). The summed E-state index contributed by atoms with van der Waals surface area (Å²) in [6.45, 7) is 11.8. The van der Waals surface area contributed by atoms with Crippen molar-refractivity contribution in [3.63, 3.8) is 0 Å². The second-order valence-electron chi connectivity index (χ2n) is 13.2. The largest absolute Gasteiger partial charge is 0.494 e. The molecule has 1 aromatic rings. The molecule has 0 aromatic carbocycles. The fraction of sp³-hybridized carbons (Fsp3) is 0.741. The van der Waals surface area contributed by atoms with Gasteiger partial charge >= 0.3 is 11.7 Å². The molecule has 2 saturated heterocycles. The minimum Gasteiger partial charge on any atom is -0.494 e. The lowest BCUT2D eigenvalue weighted by atomic mass is 9.73. The SMILES string of the molecule is CCCn1c(O)c(C(=N)N)c(=O)n(C2CCC(C)(CN3C(=O)N(COCC[Si](C)(C)C)C(=O)C34COC4)CC2)c1=O. The fourth-order valence-corrected chi connectivity index (χ4v) is 6.72. The number of nitrogens with zero attached hydrogens (tertiary/aromatic N) is 4. The summed E-state index contributed by atoms with van der Waals surface area (Å²) in [5.74, 6) is -1.46.